The molecule has 2 heteroatoms. The van der Waals surface area contributed by atoms with Crippen LogP contribution in [0.1, 0.15) is 29.3 Å². The van der Waals surface area contributed by atoms with E-state index in [4.69, 9.17) is 11.6 Å². The van der Waals surface area contributed by atoms with E-state index in [9.17, 15) is 4.79 Å². The lowest BCUT2D eigenvalue weighted by Crippen LogP contribution is -2.07. The molecule has 1 aliphatic carbocycles. The van der Waals surface area contributed by atoms with E-state index in [1.807, 2.05) is 25.1 Å². The Bertz CT molecular complexity index is 421. The highest BCUT2D eigenvalue weighted by molar-refractivity contribution is 6.30. The average Bonchev–Trinajstić information content (AvgIpc) is 2.52. The monoisotopic (exact) mass is 220 g/mol. The van der Waals surface area contributed by atoms with Crippen LogP contribution in [0.15, 0.2) is 30.4 Å². The Morgan fingerprint density at radius 1 is 1.53 bits per heavy atom. The van der Waals surface area contributed by atoms with Gasteiger partial charge in [-0.15, -0.1) is 0 Å². The van der Waals surface area contributed by atoms with Crippen molar-refractivity contribution in [1.29, 1.82) is 0 Å². The molecular weight excluding hydrogens is 208 g/mol. The highest BCUT2D eigenvalue weighted by Crippen LogP contribution is 2.30. The first-order valence-corrected chi connectivity index (χ1v) is 5.54. The average molecular weight is 221 g/mol. The van der Waals surface area contributed by atoms with Gasteiger partial charge in [-0.1, -0.05) is 23.8 Å². The van der Waals surface area contributed by atoms with Gasteiger partial charge in [0.25, 0.3) is 0 Å². The molecule has 1 aliphatic rings. The Balaban J connectivity index is 2.25. The van der Waals surface area contributed by atoms with Crippen LogP contribution in [0.4, 0.5) is 0 Å². The number of allylic oxidation sites excluding steroid dienone is 2. The summed E-state index contributed by atoms with van der Waals surface area (Å²) in [7, 11) is 0. The van der Waals surface area contributed by atoms with Gasteiger partial charge in [0, 0.05) is 16.5 Å². The number of rotatable bonds is 2. The van der Waals surface area contributed by atoms with Crippen LogP contribution in [0, 0.1) is 5.92 Å². The first kappa shape index (κ1) is 10.4. The molecule has 15 heavy (non-hydrogen) atoms. The minimum Gasteiger partial charge on any atom is -0.294 e. The summed E-state index contributed by atoms with van der Waals surface area (Å²) >= 11 is 5.90. The quantitative estimate of drug-likeness (QED) is 0.696. The maximum atomic E-state index is 11.9. The number of fused-ring (bicyclic) bond motifs is 1. The molecule has 0 aliphatic heterocycles. The molecule has 0 saturated carbocycles. The molecular formula is C13H13ClO. The van der Waals surface area contributed by atoms with Crippen molar-refractivity contribution in [3.63, 3.8) is 0 Å². The summed E-state index contributed by atoms with van der Waals surface area (Å²) in [6.45, 7) is 1.98. The van der Waals surface area contributed by atoms with Crippen molar-refractivity contribution in [1.82, 2.24) is 0 Å². The van der Waals surface area contributed by atoms with Gasteiger partial charge in [-0.3, -0.25) is 4.79 Å². The van der Waals surface area contributed by atoms with E-state index >= 15 is 0 Å². The van der Waals surface area contributed by atoms with Crippen LogP contribution in [-0.2, 0) is 6.42 Å². The Morgan fingerprint density at radius 3 is 3.07 bits per heavy atom. The Labute approximate surface area is 94.8 Å². The van der Waals surface area contributed by atoms with E-state index in [1.54, 1.807) is 6.07 Å². The zero-order valence-electron chi connectivity index (χ0n) is 8.66. The molecule has 0 saturated heterocycles. The number of hydrogen-bond acceptors (Lipinski definition) is 1. The molecule has 0 bridgehead atoms. The summed E-state index contributed by atoms with van der Waals surface area (Å²) in [5.41, 5.74) is 1.95. The predicted octanol–water partition coefficient (Wildman–Crippen LogP) is 3.66. The highest BCUT2D eigenvalue weighted by atomic mass is 35.5. The number of halogens is 1. The zero-order valence-corrected chi connectivity index (χ0v) is 9.42. The molecule has 0 heterocycles. The van der Waals surface area contributed by atoms with E-state index in [1.165, 1.54) is 0 Å². The normalized spacial score (nSPS) is 19.9. The van der Waals surface area contributed by atoms with Gasteiger partial charge in [-0.05, 0) is 43.5 Å². The van der Waals surface area contributed by atoms with Crippen LogP contribution in [0.25, 0.3) is 0 Å². The highest BCUT2D eigenvalue weighted by Gasteiger charge is 2.29. The number of carbonyl (C=O) groups excluding carboxylic acids is 1. The summed E-state index contributed by atoms with van der Waals surface area (Å²) < 4.78 is 0. The van der Waals surface area contributed by atoms with Gasteiger partial charge in [-0.25, -0.2) is 0 Å². The second kappa shape index (κ2) is 4.19. The molecule has 1 nitrogen and oxygen atoms in total. The van der Waals surface area contributed by atoms with Crippen molar-refractivity contribution in [3.05, 3.63) is 46.5 Å². The smallest absolute Gasteiger partial charge is 0.166 e. The second-order valence-electron chi connectivity index (χ2n) is 3.87. The third-order valence-electron chi connectivity index (χ3n) is 2.83. The molecule has 0 aromatic heterocycles. The van der Waals surface area contributed by atoms with Crippen LogP contribution < -0.4 is 0 Å². The van der Waals surface area contributed by atoms with Gasteiger partial charge in [0.05, 0.1) is 0 Å². The molecule has 0 N–H and O–H groups in total. The molecule has 78 valence electrons. The number of Topliss-reactive ketones (excluding diaryl/α,β-unsaturated/α-hetero) is 1. The van der Waals surface area contributed by atoms with Crippen LogP contribution in [0.2, 0.25) is 5.02 Å². The Morgan fingerprint density at radius 2 is 2.33 bits per heavy atom. The first-order chi connectivity index (χ1) is 7.22. The van der Waals surface area contributed by atoms with Crippen molar-refractivity contribution in [3.8, 4) is 0 Å². The molecule has 1 unspecified atom stereocenters. The zero-order chi connectivity index (χ0) is 10.8. The minimum absolute atomic E-state index is 0.120. The molecule has 0 fully saturated rings. The lowest BCUT2D eigenvalue weighted by atomic mass is 10.0. The number of carbonyl (C=O) groups is 1. The fourth-order valence-electron chi connectivity index (χ4n) is 2.04. The number of ketones is 1. The molecule has 1 atom stereocenters. The summed E-state index contributed by atoms with van der Waals surface area (Å²) in [6, 6.07) is 5.54. The van der Waals surface area contributed by atoms with Crippen molar-refractivity contribution in [2.45, 2.75) is 19.8 Å². The summed E-state index contributed by atoms with van der Waals surface area (Å²) in [5, 5.41) is 0.716. The van der Waals surface area contributed by atoms with E-state index in [0.29, 0.717) is 5.02 Å². The van der Waals surface area contributed by atoms with Crippen LogP contribution >= 0.6 is 11.6 Å². The molecule has 1 aromatic carbocycles. The van der Waals surface area contributed by atoms with Crippen molar-refractivity contribution in [2.24, 2.45) is 5.92 Å². The standard InChI is InChI=1S/C13H13ClO/c1-2-3-4-9-7-10-8-11(14)5-6-12(10)13(9)15/h2-3,5-6,8-9H,4,7H2,1H3. The lowest BCUT2D eigenvalue weighted by Gasteiger charge is -2.01. The summed E-state index contributed by atoms with van der Waals surface area (Å²) in [4.78, 5) is 11.9. The van der Waals surface area contributed by atoms with Gasteiger partial charge in [0.1, 0.15) is 0 Å². The number of hydrogen-bond donors (Lipinski definition) is 0. The molecule has 1 aromatic rings. The van der Waals surface area contributed by atoms with E-state index in [2.05, 4.69) is 6.08 Å². The molecule has 0 spiro atoms. The van der Waals surface area contributed by atoms with Gasteiger partial charge >= 0.3 is 0 Å². The Hall–Kier alpha value is -1.08. The maximum Gasteiger partial charge on any atom is 0.166 e. The lowest BCUT2D eigenvalue weighted by molar-refractivity contribution is 0.0938. The van der Waals surface area contributed by atoms with Crippen LogP contribution in [0.3, 0.4) is 0 Å². The first-order valence-electron chi connectivity index (χ1n) is 5.16. The van der Waals surface area contributed by atoms with Crippen molar-refractivity contribution in [2.75, 3.05) is 0 Å². The van der Waals surface area contributed by atoms with Crippen molar-refractivity contribution < 1.29 is 4.79 Å². The van der Waals surface area contributed by atoms with E-state index in [0.717, 1.165) is 24.0 Å². The van der Waals surface area contributed by atoms with E-state index in [-0.39, 0.29) is 11.7 Å². The predicted molar refractivity (Wildman–Crippen MR) is 62.4 cm³/mol. The fraction of sp³-hybridized carbons (Fsp3) is 0.308. The molecule has 0 radical (unpaired) electrons. The van der Waals surface area contributed by atoms with Gasteiger partial charge in [-0.2, -0.15) is 0 Å². The minimum atomic E-state index is 0.120. The summed E-state index contributed by atoms with van der Waals surface area (Å²) in [6.07, 6.45) is 5.71. The van der Waals surface area contributed by atoms with Crippen LogP contribution in [0.5, 0.6) is 0 Å². The number of benzene rings is 1. The maximum absolute atomic E-state index is 11.9. The van der Waals surface area contributed by atoms with Gasteiger partial charge < -0.3 is 0 Å². The van der Waals surface area contributed by atoms with Crippen LogP contribution in [-0.4, -0.2) is 5.78 Å². The third kappa shape index (κ3) is 1.98. The Kier molecular flexibility index (Phi) is 2.92. The summed E-state index contributed by atoms with van der Waals surface area (Å²) in [5.74, 6) is 0.384. The third-order valence-corrected chi connectivity index (χ3v) is 3.06. The fourth-order valence-corrected chi connectivity index (χ4v) is 2.24. The topological polar surface area (TPSA) is 17.1 Å². The molecule has 0 amide bonds. The van der Waals surface area contributed by atoms with Gasteiger partial charge in [0.2, 0.25) is 0 Å². The van der Waals surface area contributed by atoms with Crippen molar-refractivity contribution >= 4 is 17.4 Å². The van der Waals surface area contributed by atoms with E-state index < -0.39 is 0 Å². The van der Waals surface area contributed by atoms with Gasteiger partial charge in [0.15, 0.2) is 5.78 Å². The largest absolute Gasteiger partial charge is 0.294 e. The SMILES string of the molecule is CC=CCC1Cc2cc(Cl)ccc2C1=O. The molecule has 2 rings (SSSR count). The second-order valence-corrected chi connectivity index (χ2v) is 4.31.